The molecule has 7 heteroatoms. The second kappa shape index (κ2) is 4.64. The van der Waals surface area contributed by atoms with Crippen LogP contribution in [-0.2, 0) is 30.2 Å². The minimum atomic E-state index is -4.26. The first-order valence-corrected chi connectivity index (χ1v) is 8.19. The summed E-state index contributed by atoms with van der Waals surface area (Å²) in [5.41, 5.74) is 2.27. The van der Waals surface area contributed by atoms with Gasteiger partial charge in [-0.05, 0) is 30.7 Å². The zero-order valence-electron chi connectivity index (χ0n) is 13.9. The van der Waals surface area contributed by atoms with E-state index in [-0.39, 0.29) is 16.7 Å². The summed E-state index contributed by atoms with van der Waals surface area (Å²) in [6.07, 6.45) is 1.41. The lowest BCUT2D eigenvalue weighted by atomic mass is 9.52. The van der Waals surface area contributed by atoms with Crippen molar-refractivity contribution in [3.8, 4) is 0 Å². The van der Waals surface area contributed by atoms with Crippen LogP contribution in [0.3, 0.4) is 0 Å². The zero-order chi connectivity index (χ0) is 17.3. The van der Waals surface area contributed by atoms with E-state index in [0.29, 0.717) is 6.42 Å². The third-order valence-corrected chi connectivity index (χ3v) is 5.85. The molecule has 0 aromatic carbocycles. The summed E-state index contributed by atoms with van der Waals surface area (Å²) in [7, 11) is 0. The molecule has 0 spiro atoms. The van der Waals surface area contributed by atoms with E-state index in [9.17, 15) is 13.2 Å². The minimum Gasteiger partial charge on any atom is -0.361 e. The van der Waals surface area contributed by atoms with E-state index in [0.717, 1.165) is 40.1 Å². The number of rotatable bonds is 1. The molecule has 0 radical (unpaired) electrons. The van der Waals surface area contributed by atoms with Crippen LogP contribution in [0.15, 0.2) is 16.9 Å². The van der Waals surface area contributed by atoms with Crippen LogP contribution >= 0.6 is 0 Å². The van der Waals surface area contributed by atoms with Gasteiger partial charge in [0.05, 0.1) is 11.9 Å². The highest BCUT2D eigenvalue weighted by Crippen LogP contribution is 2.55. The molecule has 4 rings (SSSR count). The van der Waals surface area contributed by atoms with Crippen molar-refractivity contribution in [1.82, 2.24) is 14.9 Å². The number of hydrogen-bond donors (Lipinski definition) is 0. The highest BCUT2D eigenvalue weighted by Gasteiger charge is 2.55. The first-order valence-electron chi connectivity index (χ1n) is 8.19. The van der Waals surface area contributed by atoms with Crippen molar-refractivity contribution in [2.45, 2.75) is 63.6 Å². The zero-order valence-corrected chi connectivity index (χ0v) is 13.9. The lowest BCUT2D eigenvalue weighted by Crippen LogP contribution is -2.51. The van der Waals surface area contributed by atoms with Crippen molar-refractivity contribution < 1.29 is 17.7 Å². The van der Waals surface area contributed by atoms with Gasteiger partial charge in [0.1, 0.15) is 12.3 Å². The van der Waals surface area contributed by atoms with Crippen molar-refractivity contribution in [3.05, 3.63) is 35.0 Å². The van der Waals surface area contributed by atoms with Gasteiger partial charge in [-0.25, -0.2) is 0 Å². The lowest BCUT2D eigenvalue weighted by Gasteiger charge is -2.51. The molecule has 0 N–H and O–H groups in total. The molecule has 0 bridgehead atoms. The molecule has 2 aromatic rings. The average molecular weight is 339 g/mol. The maximum atomic E-state index is 12.7. The number of aromatic nitrogens is 3. The van der Waals surface area contributed by atoms with E-state index in [1.807, 2.05) is 0 Å². The molecule has 2 heterocycles. The molecule has 2 aliphatic carbocycles. The number of halogens is 3. The Morgan fingerprint density at radius 1 is 1.29 bits per heavy atom. The van der Waals surface area contributed by atoms with Crippen molar-refractivity contribution >= 4 is 0 Å². The van der Waals surface area contributed by atoms with Crippen LogP contribution in [0.5, 0.6) is 0 Å². The van der Waals surface area contributed by atoms with E-state index >= 15 is 0 Å². The third-order valence-electron chi connectivity index (χ3n) is 5.85. The van der Waals surface area contributed by atoms with E-state index in [1.165, 1.54) is 0 Å². The Bertz CT molecular complexity index is 789. The van der Waals surface area contributed by atoms with Gasteiger partial charge in [-0.2, -0.15) is 18.3 Å². The van der Waals surface area contributed by atoms with Crippen LogP contribution in [0.25, 0.3) is 0 Å². The summed E-state index contributed by atoms with van der Waals surface area (Å²) < 4.78 is 44.7. The van der Waals surface area contributed by atoms with Crippen molar-refractivity contribution in [3.63, 3.8) is 0 Å². The quantitative estimate of drug-likeness (QED) is 0.794. The van der Waals surface area contributed by atoms with Gasteiger partial charge in [-0.1, -0.05) is 25.9 Å². The van der Waals surface area contributed by atoms with Gasteiger partial charge in [0, 0.05) is 22.6 Å². The molecule has 2 aliphatic rings. The normalized spacial score (nSPS) is 28.2. The first kappa shape index (κ1) is 15.7. The Labute approximate surface area is 138 Å². The molecular formula is C17H20F3N3O. The minimum absolute atomic E-state index is 0.218. The van der Waals surface area contributed by atoms with E-state index in [2.05, 4.69) is 31.0 Å². The summed E-state index contributed by atoms with van der Waals surface area (Å²) in [6.45, 7) is 5.36. The highest BCUT2D eigenvalue weighted by molar-refractivity contribution is 5.40. The largest absolute Gasteiger partial charge is 0.408 e. The molecule has 0 saturated carbocycles. The monoisotopic (exact) mass is 339 g/mol. The molecule has 0 amide bonds. The Balaban J connectivity index is 1.81. The Hall–Kier alpha value is -1.79. The van der Waals surface area contributed by atoms with Crippen LogP contribution in [0.4, 0.5) is 13.2 Å². The Morgan fingerprint density at radius 3 is 2.75 bits per heavy atom. The first-order chi connectivity index (χ1) is 11.1. The Morgan fingerprint density at radius 2 is 2.04 bits per heavy atom. The van der Waals surface area contributed by atoms with Crippen LogP contribution < -0.4 is 0 Å². The molecule has 130 valence electrons. The predicted molar refractivity (Wildman–Crippen MR) is 80.7 cm³/mol. The van der Waals surface area contributed by atoms with Gasteiger partial charge < -0.3 is 4.52 Å². The molecule has 0 saturated heterocycles. The summed E-state index contributed by atoms with van der Waals surface area (Å²) in [5, 5.41) is 8.31. The van der Waals surface area contributed by atoms with E-state index < -0.39 is 12.7 Å². The van der Waals surface area contributed by atoms with Crippen LogP contribution in [0, 0.1) is 5.92 Å². The molecule has 24 heavy (non-hydrogen) atoms. The summed E-state index contributed by atoms with van der Waals surface area (Å²) in [4.78, 5) is 0. The summed E-state index contributed by atoms with van der Waals surface area (Å²) >= 11 is 0. The fourth-order valence-electron chi connectivity index (χ4n) is 5.01. The maximum Gasteiger partial charge on any atom is 0.408 e. The number of alkyl halides is 3. The second-order valence-electron chi connectivity index (χ2n) is 7.90. The van der Waals surface area contributed by atoms with Crippen molar-refractivity contribution in [2.24, 2.45) is 5.92 Å². The van der Waals surface area contributed by atoms with Crippen molar-refractivity contribution in [2.75, 3.05) is 0 Å². The van der Waals surface area contributed by atoms with Gasteiger partial charge >= 0.3 is 6.18 Å². The molecule has 0 aliphatic heterocycles. The van der Waals surface area contributed by atoms with Crippen molar-refractivity contribution in [1.29, 1.82) is 0 Å². The molecule has 0 unspecified atom stereocenters. The van der Waals surface area contributed by atoms with Gasteiger partial charge in [0.15, 0.2) is 0 Å². The average Bonchev–Trinajstić information content (AvgIpc) is 3.03. The fourth-order valence-corrected chi connectivity index (χ4v) is 5.01. The summed E-state index contributed by atoms with van der Waals surface area (Å²) in [6, 6.07) is 0. The number of aryl methyl sites for hydroxylation is 1. The molecule has 2 atom stereocenters. The third kappa shape index (κ3) is 2.13. The van der Waals surface area contributed by atoms with Gasteiger partial charge in [-0.3, -0.25) is 4.68 Å². The van der Waals surface area contributed by atoms with Crippen LogP contribution in [0.1, 0.15) is 49.8 Å². The highest BCUT2D eigenvalue weighted by atomic mass is 19.4. The smallest absolute Gasteiger partial charge is 0.361 e. The topological polar surface area (TPSA) is 43.9 Å². The number of hydrogen-bond acceptors (Lipinski definition) is 3. The second-order valence-corrected chi connectivity index (χ2v) is 7.90. The van der Waals surface area contributed by atoms with Gasteiger partial charge in [-0.15, -0.1) is 0 Å². The van der Waals surface area contributed by atoms with Gasteiger partial charge in [0.25, 0.3) is 0 Å². The summed E-state index contributed by atoms with van der Waals surface area (Å²) in [5.74, 6) is 1.16. The molecule has 2 aromatic heterocycles. The standard InChI is InChI=1S/C17H20F3N3O/c1-15(2)12-5-4-10-8-23(9-17(18,19)20)22-13(10)16(12,3)6-11-7-21-24-14(11)15/h7-8,12H,4-6,9H2,1-3H3/t12-,16-/m0/s1. The number of fused-ring (bicyclic) bond motifs is 4. The van der Waals surface area contributed by atoms with Crippen LogP contribution in [-0.4, -0.2) is 21.1 Å². The van der Waals surface area contributed by atoms with Gasteiger partial charge in [0.2, 0.25) is 0 Å². The number of nitrogens with zero attached hydrogens (tertiary/aromatic N) is 3. The molecule has 0 fully saturated rings. The van der Waals surface area contributed by atoms with Crippen LogP contribution in [0.2, 0.25) is 0 Å². The predicted octanol–water partition coefficient (Wildman–Crippen LogP) is 3.79. The SMILES string of the molecule is CC1(C)c2oncc2C[C@]2(C)c3nn(CC(F)(F)F)cc3CC[C@@H]12. The molecular weight excluding hydrogens is 319 g/mol. The molecule has 4 nitrogen and oxygen atoms in total. The van der Waals surface area contributed by atoms with E-state index in [1.54, 1.807) is 12.4 Å². The lowest BCUT2D eigenvalue weighted by molar-refractivity contribution is -0.142. The maximum absolute atomic E-state index is 12.7. The Kier molecular flexibility index (Phi) is 3.04. The van der Waals surface area contributed by atoms with E-state index in [4.69, 9.17) is 4.52 Å². The fraction of sp³-hybridized carbons (Fsp3) is 0.647.